The molecule has 3 heterocycles. The summed E-state index contributed by atoms with van der Waals surface area (Å²) in [6.07, 6.45) is 3.05. The van der Waals surface area contributed by atoms with E-state index in [0.29, 0.717) is 18.0 Å². The Balaban J connectivity index is 1.73. The smallest absolute Gasteiger partial charge is 0.258 e. The number of hydrogen-bond donors (Lipinski definition) is 2. The number of amides is 1. The molecule has 1 fully saturated rings. The molecule has 0 saturated carbocycles. The Morgan fingerprint density at radius 2 is 2.18 bits per heavy atom. The number of ether oxygens (including phenoxy) is 1. The van der Waals surface area contributed by atoms with Crippen molar-refractivity contribution in [1.82, 2.24) is 15.3 Å². The van der Waals surface area contributed by atoms with E-state index in [1.54, 1.807) is 13.3 Å². The zero-order valence-corrected chi connectivity index (χ0v) is 13.2. The van der Waals surface area contributed by atoms with Gasteiger partial charge in [0.1, 0.15) is 11.3 Å². The summed E-state index contributed by atoms with van der Waals surface area (Å²) in [6, 6.07) is 5.66. The van der Waals surface area contributed by atoms with Crippen molar-refractivity contribution in [2.45, 2.75) is 18.4 Å². The quantitative estimate of drug-likeness (QED) is 0.900. The van der Waals surface area contributed by atoms with Crippen LogP contribution in [0.4, 0.5) is 5.13 Å². The van der Waals surface area contributed by atoms with E-state index >= 15 is 0 Å². The van der Waals surface area contributed by atoms with Gasteiger partial charge in [-0.15, -0.1) is 11.3 Å². The van der Waals surface area contributed by atoms with E-state index in [1.807, 2.05) is 23.6 Å². The summed E-state index contributed by atoms with van der Waals surface area (Å²) >= 11 is 1.39. The monoisotopic (exact) mass is 318 g/mol. The summed E-state index contributed by atoms with van der Waals surface area (Å²) < 4.78 is 5.52. The predicted molar refractivity (Wildman–Crippen MR) is 85.8 cm³/mol. The molecule has 7 heteroatoms. The molecule has 1 saturated heterocycles. The molecule has 0 unspecified atom stereocenters. The Morgan fingerprint density at radius 1 is 1.36 bits per heavy atom. The minimum atomic E-state index is -0.762. The van der Waals surface area contributed by atoms with Crippen LogP contribution in [-0.4, -0.2) is 41.7 Å². The number of thiazole rings is 1. The van der Waals surface area contributed by atoms with Crippen LogP contribution in [0.2, 0.25) is 0 Å². The molecule has 0 aliphatic carbocycles. The van der Waals surface area contributed by atoms with Gasteiger partial charge in [0.05, 0.1) is 5.69 Å². The summed E-state index contributed by atoms with van der Waals surface area (Å²) in [5, 5.41) is 8.58. The third-order valence-corrected chi connectivity index (χ3v) is 4.63. The molecule has 0 spiro atoms. The van der Waals surface area contributed by atoms with Crippen molar-refractivity contribution in [2.75, 3.05) is 25.5 Å². The highest BCUT2D eigenvalue weighted by molar-refractivity contribution is 7.14. The maximum atomic E-state index is 12.6. The molecule has 2 aromatic rings. The minimum Gasteiger partial charge on any atom is -0.368 e. The van der Waals surface area contributed by atoms with Crippen LogP contribution >= 0.6 is 11.3 Å². The molecular weight excluding hydrogens is 300 g/mol. The van der Waals surface area contributed by atoms with Crippen molar-refractivity contribution in [3.63, 3.8) is 0 Å². The Labute approximate surface area is 132 Å². The van der Waals surface area contributed by atoms with Crippen LogP contribution in [0.5, 0.6) is 0 Å². The number of rotatable bonds is 4. The number of carbonyl (C=O) groups is 1. The molecule has 0 atom stereocenters. The lowest BCUT2D eigenvalue weighted by atomic mass is 9.91. The topological polar surface area (TPSA) is 76.1 Å². The lowest BCUT2D eigenvalue weighted by Crippen LogP contribution is -2.51. The minimum absolute atomic E-state index is 0.126. The average molecular weight is 318 g/mol. The maximum absolute atomic E-state index is 12.6. The largest absolute Gasteiger partial charge is 0.368 e. The third-order valence-electron chi connectivity index (χ3n) is 3.87. The first-order valence-corrected chi connectivity index (χ1v) is 8.06. The van der Waals surface area contributed by atoms with Crippen LogP contribution in [0, 0.1) is 0 Å². The molecule has 0 aromatic carbocycles. The summed E-state index contributed by atoms with van der Waals surface area (Å²) in [5.41, 5.74) is 0.794. The summed E-state index contributed by atoms with van der Waals surface area (Å²) in [5.74, 6) is -0.126. The fourth-order valence-corrected chi connectivity index (χ4v) is 3.23. The van der Waals surface area contributed by atoms with Crippen molar-refractivity contribution in [1.29, 1.82) is 0 Å². The highest BCUT2D eigenvalue weighted by atomic mass is 32.1. The second kappa shape index (κ2) is 6.51. The molecule has 0 radical (unpaired) electrons. The number of hydrogen-bond acceptors (Lipinski definition) is 6. The number of methoxy groups -OCH3 is 1. The van der Waals surface area contributed by atoms with Gasteiger partial charge in [-0.1, -0.05) is 6.07 Å². The van der Waals surface area contributed by atoms with E-state index < -0.39 is 5.60 Å². The first-order chi connectivity index (χ1) is 10.7. The average Bonchev–Trinajstić information content (AvgIpc) is 3.05. The van der Waals surface area contributed by atoms with Crippen LogP contribution in [0.3, 0.4) is 0 Å². The normalized spacial score (nSPS) is 17.1. The van der Waals surface area contributed by atoms with Gasteiger partial charge in [-0.3, -0.25) is 15.1 Å². The van der Waals surface area contributed by atoms with Gasteiger partial charge in [-0.05, 0) is 38.1 Å². The summed E-state index contributed by atoms with van der Waals surface area (Å²) in [6.45, 7) is 1.55. The van der Waals surface area contributed by atoms with Gasteiger partial charge in [0.2, 0.25) is 0 Å². The first-order valence-electron chi connectivity index (χ1n) is 7.18. The van der Waals surface area contributed by atoms with Crippen LogP contribution < -0.4 is 10.6 Å². The highest BCUT2D eigenvalue weighted by Crippen LogP contribution is 2.27. The number of piperidine rings is 1. The fourth-order valence-electron chi connectivity index (χ4n) is 2.53. The van der Waals surface area contributed by atoms with Gasteiger partial charge < -0.3 is 10.1 Å². The Morgan fingerprint density at radius 3 is 2.86 bits per heavy atom. The molecule has 1 aliphatic heterocycles. The fraction of sp³-hybridized carbons (Fsp3) is 0.400. The second-order valence-electron chi connectivity index (χ2n) is 5.16. The Bertz CT molecular complexity index is 638. The summed E-state index contributed by atoms with van der Waals surface area (Å²) in [4.78, 5) is 21.2. The molecule has 1 amide bonds. The molecule has 116 valence electrons. The van der Waals surface area contributed by atoms with Crippen molar-refractivity contribution in [3.05, 3.63) is 29.8 Å². The molecule has 2 aromatic heterocycles. The second-order valence-corrected chi connectivity index (χ2v) is 6.01. The van der Waals surface area contributed by atoms with Crippen LogP contribution in [0.15, 0.2) is 29.8 Å². The molecule has 6 nitrogen and oxygen atoms in total. The van der Waals surface area contributed by atoms with Crippen molar-refractivity contribution in [2.24, 2.45) is 0 Å². The maximum Gasteiger partial charge on any atom is 0.258 e. The molecule has 0 bridgehead atoms. The molecular formula is C15H18N4O2S. The van der Waals surface area contributed by atoms with E-state index in [9.17, 15) is 4.79 Å². The van der Waals surface area contributed by atoms with Gasteiger partial charge in [-0.25, -0.2) is 4.98 Å². The van der Waals surface area contributed by atoms with Gasteiger partial charge >= 0.3 is 0 Å². The van der Waals surface area contributed by atoms with Crippen molar-refractivity contribution >= 4 is 22.4 Å². The van der Waals surface area contributed by atoms with E-state index in [2.05, 4.69) is 20.6 Å². The van der Waals surface area contributed by atoms with Gasteiger partial charge in [0, 0.05) is 18.7 Å². The van der Waals surface area contributed by atoms with Crippen molar-refractivity contribution in [3.8, 4) is 11.4 Å². The molecule has 1 aliphatic rings. The van der Waals surface area contributed by atoms with Gasteiger partial charge in [-0.2, -0.15) is 0 Å². The van der Waals surface area contributed by atoms with Crippen molar-refractivity contribution < 1.29 is 9.53 Å². The van der Waals surface area contributed by atoms with Crippen LogP contribution in [0.25, 0.3) is 11.4 Å². The third kappa shape index (κ3) is 3.01. The van der Waals surface area contributed by atoms with Crippen LogP contribution in [-0.2, 0) is 9.53 Å². The first kappa shape index (κ1) is 15.1. The number of carbonyl (C=O) groups excluding carboxylic acids is 1. The molecule has 3 rings (SSSR count). The zero-order valence-electron chi connectivity index (χ0n) is 12.3. The lowest BCUT2D eigenvalue weighted by Gasteiger charge is -2.34. The number of anilines is 1. The number of aromatic nitrogens is 2. The summed E-state index contributed by atoms with van der Waals surface area (Å²) in [7, 11) is 1.59. The van der Waals surface area contributed by atoms with E-state index in [-0.39, 0.29) is 5.91 Å². The predicted octanol–water partition coefficient (Wildman–Crippen LogP) is 1.91. The van der Waals surface area contributed by atoms with Gasteiger partial charge in [0.25, 0.3) is 5.91 Å². The van der Waals surface area contributed by atoms with Crippen LogP contribution in [0.1, 0.15) is 12.8 Å². The number of nitrogens with zero attached hydrogens (tertiary/aromatic N) is 2. The Hall–Kier alpha value is -1.83. The molecule has 2 N–H and O–H groups in total. The molecule has 22 heavy (non-hydrogen) atoms. The number of pyridine rings is 1. The SMILES string of the molecule is COC1(C(=O)Nc2nc(-c3ccccn3)cs2)CCNCC1. The van der Waals surface area contributed by atoms with E-state index in [4.69, 9.17) is 4.74 Å². The van der Waals surface area contributed by atoms with E-state index in [1.165, 1.54) is 11.3 Å². The zero-order chi connectivity index (χ0) is 15.4. The standard InChI is InChI=1S/C15H18N4O2S/c1-21-15(5-8-16-9-6-15)13(20)19-14-18-12(10-22-14)11-4-2-3-7-17-11/h2-4,7,10,16H,5-6,8-9H2,1H3,(H,18,19,20). The lowest BCUT2D eigenvalue weighted by molar-refractivity contribution is -0.140. The highest BCUT2D eigenvalue weighted by Gasteiger charge is 2.40. The van der Waals surface area contributed by atoms with E-state index in [0.717, 1.165) is 24.5 Å². The van der Waals surface area contributed by atoms with Gasteiger partial charge in [0.15, 0.2) is 5.13 Å². The Kier molecular flexibility index (Phi) is 4.47. The number of nitrogens with one attached hydrogen (secondary N) is 2.